The molecule has 1 aliphatic heterocycles. The van der Waals surface area contributed by atoms with Crippen molar-refractivity contribution in [2.75, 3.05) is 6.54 Å². The maximum atomic E-state index is 13.7. The van der Waals surface area contributed by atoms with Crippen LogP contribution in [0, 0.1) is 24.4 Å². The van der Waals surface area contributed by atoms with Crippen molar-refractivity contribution >= 4 is 13.7 Å². The largest absolute Gasteiger partial charge is 0.466 e. The van der Waals surface area contributed by atoms with Crippen molar-refractivity contribution < 1.29 is 50.4 Å². The SMILES string of the molecule is Cc1nc(C(F)(F)F)n2c1CN(C(=O)CC(N)Cc1cc(F)c(F)cc1F)CC2.O=P(O)(O)O. The number of carbonyl (C=O) groups excluding carboxylic acids is 1. The minimum atomic E-state index is -4.64. The first-order chi connectivity index (χ1) is 15.5. The molecule has 1 atom stereocenters. The molecule has 0 fully saturated rings. The summed E-state index contributed by atoms with van der Waals surface area (Å²) in [7, 11) is -4.64. The van der Waals surface area contributed by atoms with E-state index in [1.54, 1.807) is 0 Å². The summed E-state index contributed by atoms with van der Waals surface area (Å²) >= 11 is 0. The number of hydrogen-bond acceptors (Lipinski definition) is 4. The maximum Gasteiger partial charge on any atom is 0.466 e. The number of nitrogens with two attached hydrogens (primary N) is 1. The van der Waals surface area contributed by atoms with Gasteiger partial charge in [0.05, 0.1) is 17.9 Å². The number of benzene rings is 1. The molecule has 1 unspecified atom stereocenters. The monoisotopic (exact) mass is 518 g/mol. The predicted octanol–water partition coefficient (Wildman–Crippen LogP) is 2.00. The van der Waals surface area contributed by atoms with Crippen molar-refractivity contribution in [1.82, 2.24) is 14.5 Å². The van der Waals surface area contributed by atoms with Gasteiger partial charge in [-0.05, 0) is 25.0 Å². The van der Waals surface area contributed by atoms with Crippen molar-refractivity contribution in [2.45, 2.75) is 45.1 Å². The van der Waals surface area contributed by atoms with Gasteiger partial charge in [0.1, 0.15) is 5.82 Å². The Morgan fingerprint density at radius 2 is 1.71 bits per heavy atom. The molecule has 0 spiro atoms. The van der Waals surface area contributed by atoms with Crippen LogP contribution in [0.1, 0.15) is 29.2 Å². The minimum Gasteiger partial charge on any atom is -0.335 e. The molecule has 34 heavy (non-hydrogen) atoms. The molecule has 1 aliphatic rings. The van der Waals surface area contributed by atoms with Crippen LogP contribution in [-0.2, 0) is 35.0 Å². The maximum absolute atomic E-state index is 13.7. The number of nitrogens with zero attached hydrogens (tertiary/aromatic N) is 3. The molecule has 3 rings (SSSR count). The number of rotatable bonds is 4. The molecule has 0 aliphatic carbocycles. The minimum absolute atomic E-state index is 0.0387. The Labute approximate surface area is 189 Å². The van der Waals surface area contributed by atoms with Crippen molar-refractivity contribution in [2.24, 2.45) is 5.73 Å². The topological polar surface area (TPSA) is 142 Å². The van der Waals surface area contributed by atoms with Crippen molar-refractivity contribution in [1.29, 1.82) is 0 Å². The summed E-state index contributed by atoms with van der Waals surface area (Å²) < 4.78 is 89.1. The van der Waals surface area contributed by atoms with E-state index in [0.717, 1.165) is 4.57 Å². The zero-order valence-electron chi connectivity index (χ0n) is 17.6. The number of alkyl halides is 3. The summed E-state index contributed by atoms with van der Waals surface area (Å²) in [5, 5.41) is 0. The predicted molar refractivity (Wildman–Crippen MR) is 104 cm³/mol. The second kappa shape index (κ2) is 10.4. The zero-order chi connectivity index (χ0) is 26.0. The van der Waals surface area contributed by atoms with Crippen LogP contribution in [0.4, 0.5) is 26.3 Å². The van der Waals surface area contributed by atoms with Gasteiger partial charge >= 0.3 is 14.0 Å². The number of carbonyl (C=O) groups is 1. The molecule has 2 heterocycles. The Balaban J connectivity index is 0.000000739. The highest BCUT2D eigenvalue weighted by atomic mass is 31.2. The lowest BCUT2D eigenvalue weighted by molar-refractivity contribution is -0.148. The smallest absolute Gasteiger partial charge is 0.335 e. The van der Waals surface area contributed by atoms with Gasteiger partial charge in [0.2, 0.25) is 11.7 Å². The summed E-state index contributed by atoms with van der Waals surface area (Å²) in [5.41, 5.74) is 6.17. The molecule has 0 bridgehead atoms. The fraction of sp³-hybridized carbons (Fsp3) is 0.444. The lowest BCUT2D eigenvalue weighted by Gasteiger charge is -2.30. The molecule has 0 saturated heterocycles. The van der Waals surface area contributed by atoms with E-state index in [1.165, 1.54) is 11.8 Å². The Morgan fingerprint density at radius 1 is 1.15 bits per heavy atom. The first kappa shape index (κ1) is 27.8. The fourth-order valence-corrected chi connectivity index (χ4v) is 3.39. The van der Waals surface area contributed by atoms with Crippen molar-refractivity contribution in [3.8, 4) is 0 Å². The van der Waals surface area contributed by atoms with Gasteiger partial charge in [-0.15, -0.1) is 0 Å². The number of imidazole rings is 1. The van der Waals surface area contributed by atoms with Crippen LogP contribution in [0.15, 0.2) is 12.1 Å². The first-order valence-electron chi connectivity index (χ1n) is 9.55. The number of amides is 1. The van der Waals surface area contributed by atoms with Gasteiger partial charge in [0.15, 0.2) is 11.6 Å². The average Bonchev–Trinajstić information content (AvgIpc) is 3.01. The van der Waals surface area contributed by atoms with Crippen LogP contribution < -0.4 is 5.73 Å². The third kappa shape index (κ3) is 7.53. The molecule has 190 valence electrons. The molecule has 0 saturated carbocycles. The quantitative estimate of drug-likeness (QED) is 0.276. The fourth-order valence-electron chi connectivity index (χ4n) is 3.39. The molecule has 2 aromatic rings. The number of aryl methyl sites for hydroxylation is 1. The molecule has 1 aromatic heterocycles. The molecule has 16 heteroatoms. The normalized spacial score (nSPS) is 14.9. The number of halogens is 6. The van der Waals surface area contributed by atoms with Crippen LogP contribution in [0.5, 0.6) is 0 Å². The Bertz CT molecular complexity index is 1100. The van der Waals surface area contributed by atoms with Gasteiger partial charge < -0.3 is 29.9 Å². The van der Waals surface area contributed by atoms with Gasteiger partial charge in [0, 0.05) is 31.6 Å². The van der Waals surface area contributed by atoms with Gasteiger partial charge in [-0.2, -0.15) is 13.2 Å². The number of hydrogen-bond donors (Lipinski definition) is 4. The summed E-state index contributed by atoms with van der Waals surface area (Å²) in [6.45, 7) is 1.35. The van der Waals surface area contributed by atoms with Crippen LogP contribution >= 0.6 is 7.82 Å². The number of phosphoric acid groups is 1. The second-order valence-corrected chi connectivity index (χ2v) is 8.50. The Morgan fingerprint density at radius 3 is 2.26 bits per heavy atom. The van der Waals surface area contributed by atoms with E-state index in [9.17, 15) is 31.1 Å². The highest BCUT2D eigenvalue weighted by molar-refractivity contribution is 7.45. The van der Waals surface area contributed by atoms with E-state index in [4.69, 9.17) is 25.0 Å². The highest BCUT2D eigenvalue weighted by Crippen LogP contribution is 2.32. The lowest BCUT2D eigenvalue weighted by Crippen LogP contribution is -2.42. The summed E-state index contributed by atoms with van der Waals surface area (Å²) in [4.78, 5) is 39.0. The molecule has 0 radical (unpaired) electrons. The number of fused-ring (bicyclic) bond motifs is 1. The number of aromatic nitrogens is 2. The van der Waals surface area contributed by atoms with Crippen LogP contribution in [0.25, 0.3) is 0 Å². The van der Waals surface area contributed by atoms with Crippen LogP contribution in [0.3, 0.4) is 0 Å². The molecule has 1 aromatic carbocycles. The van der Waals surface area contributed by atoms with Gasteiger partial charge in [-0.1, -0.05) is 0 Å². The van der Waals surface area contributed by atoms with E-state index in [1.807, 2.05) is 0 Å². The van der Waals surface area contributed by atoms with Crippen LogP contribution in [0.2, 0.25) is 0 Å². The Hall–Kier alpha value is -2.45. The van der Waals surface area contributed by atoms with Gasteiger partial charge in [-0.3, -0.25) is 4.79 Å². The van der Waals surface area contributed by atoms with E-state index < -0.39 is 49.2 Å². The van der Waals surface area contributed by atoms with Gasteiger partial charge in [0.25, 0.3) is 0 Å². The molecule has 5 N–H and O–H groups in total. The van der Waals surface area contributed by atoms with E-state index >= 15 is 0 Å². The average molecular weight is 518 g/mol. The highest BCUT2D eigenvalue weighted by Gasteiger charge is 2.40. The van der Waals surface area contributed by atoms with Crippen molar-refractivity contribution in [3.63, 3.8) is 0 Å². The van der Waals surface area contributed by atoms with E-state index in [0.29, 0.717) is 12.1 Å². The third-order valence-corrected chi connectivity index (χ3v) is 4.82. The van der Waals surface area contributed by atoms with E-state index in [-0.39, 0.29) is 49.4 Å². The summed E-state index contributed by atoms with van der Waals surface area (Å²) in [6, 6.07) is 0.225. The summed E-state index contributed by atoms with van der Waals surface area (Å²) in [6.07, 6.45) is -5.01. The Kier molecular flexibility index (Phi) is 8.53. The standard InChI is InChI=1S/C18H18F6N4O.H3O4P/c1-9-15-8-27(2-3-28(15)17(26-9)18(22,23)24)16(29)6-11(25)4-10-5-13(20)14(21)7-12(10)19;1-5(2,3)4/h5,7,11H,2-4,6,8,25H2,1H3;(H3,1,2,3,4). The van der Waals surface area contributed by atoms with Crippen LogP contribution in [-0.4, -0.2) is 47.6 Å². The lowest BCUT2D eigenvalue weighted by atomic mass is 10.0. The summed E-state index contributed by atoms with van der Waals surface area (Å²) in [5.74, 6) is -4.94. The van der Waals surface area contributed by atoms with E-state index in [2.05, 4.69) is 4.98 Å². The molecule has 1 amide bonds. The first-order valence-corrected chi connectivity index (χ1v) is 11.1. The zero-order valence-corrected chi connectivity index (χ0v) is 18.5. The van der Waals surface area contributed by atoms with Crippen molar-refractivity contribution in [3.05, 3.63) is 52.4 Å². The molecular weight excluding hydrogens is 497 g/mol. The molecule has 9 nitrogen and oxygen atoms in total. The van der Waals surface area contributed by atoms with Gasteiger partial charge in [-0.25, -0.2) is 22.7 Å². The molecular formula is C18H21F6N4O5P. The third-order valence-electron chi connectivity index (χ3n) is 4.82. The second-order valence-electron chi connectivity index (χ2n) is 7.47.